The molecule has 0 aromatic carbocycles. The van der Waals surface area contributed by atoms with Gasteiger partial charge >= 0.3 is 5.97 Å². The predicted octanol–water partition coefficient (Wildman–Crippen LogP) is 2.83. The second-order valence-electron chi connectivity index (χ2n) is 7.22. The van der Waals surface area contributed by atoms with Gasteiger partial charge in [0.1, 0.15) is 5.60 Å². The molecule has 3 aliphatic rings. The molecule has 1 spiro atoms. The van der Waals surface area contributed by atoms with Gasteiger partial charge in [0.25, 0.3) is 0 Å². The highest BCUT2D eigenvalue weighted by atomic mass is 16.6. The fraction of sp³-hybridized carbons (Fsp3) is 0.812. The molecule has 1 unspecified atom stereocenters. The maximum atomic E-state index is 12.0. The van der Waals surface area contributed by atoms with Crippen LogP contribution in [0.15, 0.2) is 11.6 Å². The van der Waals surface area contributed by atoms with E-state index in [1.807, 2.05) is 0 Å². The maximum Gasteiger partial charge on any atom is 0.307 e. The van der Waals surface area contributed by atoms with E-state index in [1.165, 1.54) is 5.57 Å². The summed E-state index contributed by atoms with van der Waals surface area (Å²) in [5.41, 5.74) is 0.424. The van der Waals surface area contributed by atoms with Crippen molar-refractivity contribution >= 4 is 5.97 Å². The number of aliphatic hydroxyl groups excluding tert-OH is 1. The molecule has 1 N–H and O–H groups in total. The van der Waals surface area contributed by atoms with Gasteiger partial charge in [-0.05, 0) is 37.2 Å². The molecule has 0 aromatic heterocycles. The van der Waals surface area contributed by atoms with Gasteiger partial charge in [-0.3, -0.25) is 4.79 Å². The van der Waals surface area contributed by atoms with Crippen molar-refractivity contribution in [2.24, 2.45) is 16.7 Å². The first-order valence-corrected chi connectivity index (χ1v) is 7.42. The minimum Gasteiger partial charge on any atom is -0.454 e. The summed E-state index contributed by atoms with van der Waals surface area (Å²) < 4.78 is 5.91. The van der Waals surface area contributed by atoms with E-state index in [0.29, 0.717) is 12.3 Å². The van der Waals surface area contributed by atoms with E-state index in [1.54, 1.807) is 0 Å². The molecule has 106 valence electrons. The molecule has 3 rings (SSSR count). The van der Waals surface area contributed by atoms with E-state index in [4.69, 9.17) is 4.74 Å². The lowest BCUT2D eigenvalue weighted by Gasteiger charge is -2.56. The molecule has 2 fully saturated rings. The minimum absolute atomic E-state index is 0.0654. The number of esters is 1. The molecule has 0 bridgehead atoms. The summed E-state index contributed by atoms with van der Waals surface area (Å²) in [6.07, 6.45) is 6.68. The van der Waals surface area contributed by atoms with Crippen LogP contribution in [0.3, 0.4) is 0 Å². The molecule has 1 saturated heterocycles. The maximum absolute atomic E-state index is 12.0. The van der Waals surface area contributed by atoms with Crippen LogP contribution in [0.5, 0.6) is 0 Å². The highest BCUT2D eigenvalue weighted by Crippen LogP contribution is 2.64. The van der Waals surface area contributed by atoms with Gasteiger partial charge in [-0.15, -0.1) is 0 Å². The molecule has 0 amide bonds. The Kier molecular flexibility index (Phi) is 2.66. The van der Waals surface area contributed by atoms with E-state index in [0.717, 1.165) is 25.7 Å². The summed E-state index contributed by atoms with van der Waals surface area (Å²) in [7, 11) is 0. The van der Waals surface area contributed by atoms with Gasteiger partial charge in [0.15, 0.2) is 0 Å². The fourth-order valence-electron chi connectivity index (χ4n) is 4.68. The van der Waals surface area contributed by atoms with E-state index in [9.17, 15) is 9.90 Å². The molecule has 0 radical (unpaired) electrons. The lowest BCUT2D eigenvalue weighted by Crippen LogP contribution is -2.57. The van der Waals surface area contributed by atoms with E-state index < -0.39 is 5.60 Å². The zero-order valence-electron chi connectivity index (χ0n) is 12.2. The lowest BCUT2D eigenvalue weighted by atomic mass is 9.50. The summed E-state index contributed by atoms with van der Waals surface area (Å²) in [5.74, 6) is 0.382. The van der Waals surface area contributed by atoms with E-state index >= 15 is 0 Å². The van der Waals surface area contributed by atoms with Gasteiger partial charge in [0.05, 0.1) is 13.0 Å². The van der Waals surface area contributed by atoms with E-state index in [2.05, 4.69) is 26.8 Å². The number of ether oxygens (including phenoxy) is 1. The van der Waals surface area contributed by atoms with Crippen molar-refractivity contribution in [3.63, 3.8) is 0 Å². The topological polar surface area (TPSA) is 46.5 Å². The highest BCUT2D eigenvalue weighted by Gasteiger charge is 2.66. The molecular weight excluding hydrogens is 240 g/mol. The predicted molar refractivity (Wildman–Crippen MR) is 72.5 cm³/mol. The van der Waals surface area contributed by atoms with Crippen molar-refractivity contribution in [1.82, 2.24) is 0 Å². The van der Waals surface area contributed by atoms with Crippen molar-refractivity contribution in [2.75, 3.05) is 6.61 Å². The fourth-order valence-corrected chi connectivity index (χ4v) is 4.68. The van der Waals surface area contributed by atoms with Gasteiger partial charge in [-0.25, -0.2) is 0 Å². The monoisotopic (exact) mass is 264 g/mol. The van der Waals surface area contributed by atoms with Crippen molar-refractivity contribution < 1.29 is 14.6 Å². The molecule has 1 saturated carbocycles. The average Bonchev–Trinajstić information content (AvgIpc) is 2.62. The molecule has 0 aromatic rings. The van der Waals surface area contributed by atoms with Crippen LogP contribution in [0.4, 0.5) is 0 Å². The van der Waals surface area contributed by atoms with Crippen LogP contribution in [0.1, 0.15) is 52.9 Å². The van der Waals surface area contributed by atoms with Crippen LogP contribution in [0.2, 0.25) is 0 Å². The van der Waals surface area contributed by atoms with Crippen molar-refractivity contribution in [3.05, 3.63) is 11.6 Å². The zero-order valence-corrected chi connectivity index (χ0v) is 12.2. The van der Waals surface area contributed by atoms with Gasteiger partial charge in [0.2, 0.25) is 0 Å². The number of hydrogen-bond donors (Lipinski definition) is 1. The third-order valence-corrected chi connectivity index (χ3v) is 6.18. The number of aliphatic hydroxyl groups is 1. The van der Waals surface area contributed by atoms with Crippen molar-refractivity contribution in [3.8, 4) is 0 Å². The Morgan fingerprint density at radius 3 is 2.84 bits per heavy atom. The third-order valence-electron chi connectivity index (χ3n) is 6.18. The summed E-state index contributed by atoms with van der Waals surface area (Å²) in [6, 6.07) is 0. The van der Waals surface area contributed by atoms with Crippen LogP contribution < -0.4 is 0 Å². The van der Waals surface area contributed by atoms with Crippen LogP contribution in [-0.2, 0) is 9.53 Å². The second kappa shape index (κ2) is 3.85. The number of hydrogen-bond acceptors (Lipinski definition) is 3. The largest absolute Gasteiger partial charge is 0.454 e. The first-order chi connectivity index (χ1) is 8.88. The van der Waals surface area contributed by atoms with Crippen molar-refractivity contribution in [2.45, 2.75) is 58.5 Å². The standard InChI is InChI=1S/C16H24O3/c1-11-5-6-12-14(2,10-17)7-4-8-16(12)15(11,3)9-13(18)19-16/h6,11,17H,4-5,7-10H2,1-3H3/t11?,14-,15+,16-/m1/s1. The molecule has 1 aliphatic heterocycles. The van der Waals surface area contributed by atoms with Crippen LogP contribution in [-0.4, -0.2) is 23.3 Å². The Bertz CT molecular complexity index is 455. The molecule has 3 heteroatoms. The SMILES string of the molecule is CC1CC=C2[C@@](C)(CO)CCC[C@@]23OC(=O)C[C@@]13C. The van der Waals surface area contributed by atoms with E-state index in [-0.39, 0.29) is 23.4 Å². The number of carbonyl (C=O) groups excluding carboxylic acids is 1. The summed E-state index contributed by atoms with van der Waals surface area (Å²) in [4.78, 5) is 12.0. The Morgan fingerprint density at radius 1 is 1.42 bits per heavy atom. The highest BCUT2D eigenvalue weighted by molar-refractivity contribution is 5.75. The average molecular weight is 264 g/mol. The van der Waals surface area contributed by atoms with Gasteiger partial charge < -0.3 is 9.84 Å². The molecule has 1 heterocycles. The quantitative estimate of drug-likeness (QED) is 0.585. The number of carbonyl (C=O) groups is 1. The summed E-state index contributed by atoms with van der Waals surface area (Å²) >= 11 is 0. The zero-order chi connectivity index (χ0) is 13.9. The normalized spacial score (nSPS) is 49.2. The van der Waals surface area contributed by atoms with Gasteiger partial charge in [0, 0.05) is 10.8 Å². The Labute approximate surface area is 115 Å². The van der Waals surface area contributed by atoms with Crippen LogP contribution >= 0.6 is 0 Å². The molecule has 2 aliphatic carbocycles. The first kappa shape index (κ1) is 13.2. The first-order valence-electron chi connectivity index (χ1n) is 7.42. The minimum atomic E-state index is -0.447. The summed E-state index contributed by atoms with van der Waals surface area (Å²) in [6.45, 7) is 6.69. The second-order valence-corrected chi connectivity index (χ2v) is 7.22. The van der Waals surface area contributed by atoms with Gasteiger partial charge in [-0.1, -0.05) is 26.8 Å². The molecule has 3 nitrogen and oxygen atoms in total. The number of rotatable bonds is 1. The molecule has 19 heavy (non-hydrogen) atoms. The smallest absolute Gasteiger partial charge is 0.307 e. The van der Waals surface area contributed by atoms with Crippen LogP contribution in [0.25, 0.3) is 0 Å². The molecular formula is C16H24O3. The Hall–Kier alpha value is -0.830. The number of allylic oxidation sites excluding steroid dienone is 1. The lowest BCUT2D eigenvalue weighted by molar-refractivity contribution is -0.154. The Morgan fingerprint density at radius 2 is 2.16 bits per heavy atom. The third kappa shape index (κ3) is 1.45. The van der Waals surface area contributed by atoms with Crippen LogP contribution in [0, 0.1) is 16.7 Å². The summed E-state index contributed by atoms with van der Waals surface area (Å²) in [5, 5.41) is 9.84. The van der Waals surface area contributed by atoms with Crippen molar-refractivity contribution in [1.29, 1.82) is 0 Å². The molecule has 4 atom stereocenters. The Balaban J connectivity index is 2.17. The van der Waals surface area contributed by atoms with Gasteiger partial charge in [-0.2, -0.15) is 0 Å².